The number of anilines is 2. The van der Waals surface area contributed by atoms with Crippen molar-refractivity contribution < 1.29 is 13.2 Å². The normalized spacial score (nSPS) is 12.0. The molecule has 2 heterocycles. The van der Waals surface area contributed by atoms with Gasteiger partial charge in [0.25, 0.3) is 0 Å². The van der Waals surface area contributed by atoms with Gasteiger partial charge in [0.15, 0.2) is 11.5 Å². The minimum Gasteiger partial charge on any atom is -0.337 e. The summed E-state index contributed by atoms with van der Waals surface area (Å²) in [7, 11) is 0. The van der Waals surface area contributed by atoms with Gasteiger partial charge in [0.1, 0.15) is 0 Å². The lowest BCUT2D eigenvalue weighted by atomic mass is 10.2. The van der Waals surface area contributed by atoms with E-state index in [0.29, 0.717) is 27.7 Å². The fraction of sp³-hybridized carbons (Fsp3) is 0.0588. The maximum absolute atomic E-state index is 12.8. The predicted octanol–water partition coefficient (Wildman–Crippen LogP) is 5.95. The van der Waals surface area contributed by atoms with Gasteiger partial charge in [0, 0.05) is 23.1 Å². The lowest BCUT2D eigenvalue weighted by molar-refractivity contribution is -0.137. The molecule has 0 amide bonds. The summed E-state index contributed by atoms with van der Waals surface area (Å²) in [6.07, 6.45) is -1.16. The largest absolute Gasteiger partial charge is 0.417 e. The van der Waals surface area contributed by atoms with Crippen LogP contribution in [0.1, 0.15) is 5.56 Å². The van der Waals surface area contributed by atoms with Crippen LogP contribution in [-0.2, 0) is 6.18 Å². The van der Waals surface area contributed by atoms with Gasteiger partial charge in [-0.25, -0.2) is 9.97 Å². The van der Waals surface area contributed by atoms with Crippen LogP contribution >= 0.6 is 23.2 Å². The molecule has 0 aliphatic heterocycles. The average molecular weight is 397 g/mol. The van der Waals surface area contributed by atoms with Crippen molar-refractivity contribution in [1.82, 2.24) is 14.4 Å². The molecule has 0 spiro atoms. The van der Waals surface area contributed by atoms with Crippen molar-refractivity contribution in [1.29, 1.82) is 0 Å². The number of fused-ring (bicyclic) bond motifs is 3. The van der Waals surface area contributed by atoms with E-state index in [1.165, 1.54) is 12.1 Å². The number of imidazole rings is 1. The van der Waals surface area contributed by atoms with E-state index >= 15 is 0 Å². The minimum absolute atomic E-state index is 0.369. The zero-order chi connectivity index (χ0) is 18.5. The maximum atomic E-state index is 12.8. The highest BCUT2D eigenvalue weighted by Gasteiger charge is 2.33. The number of rotatable bonds is 2. The molecule has 0 saturated carbocycles. The van der Waals surface area contributed by atoms with Gasteiger partial charge in [-0.1, -0.05) is 23.2 Å². The van der Waals surface area contributed by atoms with Crippen molar-refractivity contribution in [3.63, 3.8) is 0 Å². The molecule has 4 nitrogen and oxygen atoms in total. The van der Waals surface area contributed by atoms with E-state index in [-0.39, 0.29) is 0 Å². The van der Waals surface area contributed by atoms with Crippen LogP contribution in [0, 0.1) is 0 Å². The minimum atomic E-state index is -4.51. The number of nitrogens with zero attached hydrogens (tertiary/aromatic N) is 3. The molecule has 2 aromatic heterocycles. The first kappa shape index (κ1) is 16.9. The highest BCUT2D eigenvalue weighted by molar-refractivity contribution is 6.32. The van der Waals surface area contributed by atoms with Crippen molar-refractivity contribution in [3.05, 3.63) is 64.4 Å². The third-order valence-electron chi connectivity index (χ3n) is 3.82. The third kappa shape index (κ3) is 2.93. The number of hydrogen-bond donors (Lipinski definition) is 1. The fourth-order valence-electron chi connectivity index (χ4n) is 2.67. The molecule has 0 radical (unpaired) electrons. The molecule has 4 aromatic rings. The number of alkyl halides is 3. The van der Waals surface area contributed by atoms with E-state index in [0.717, 1.165) is 11.6 Å². The molecule has 0 bridgehead atoms. The molecule has 0 aliphatic carbocycles. The van der Waals surface area contributed by atoms with Crippen molar-refractivity contribution >= 4 is 51.4 Å². The van der Waals surface area contributed by atoms with E-state index in [4.69, 9.17) is 23.2 Å². The molecule has 0 aliphatic rings. The summed E-state index contributed by atoms with van der Waals surface area (Å²) in [6, 6.07) is 8.64. The molecule has 4 rings (SSSR count). The van der Waals surface area contributed by atoms with Gasteiger partial charge in [-0.3, -0.25) is 4.40 Å². The summed E-state index contributed by atoms with van der Waals surface area (Å²) in [4.78, 5) is 8.75. The first-order valence-corrected chi connectivity index (χ1v) is 8.14. The van der Waals surface area contributed by atoms with Crippen LogP contribution in [0.4, 0.5) is 24.7 Å². The Kier molecular flexibility index (Phi) is 3.93. The van der Waals surface area contributed by atoms with Crippen molar-refractivity contribution in [2.45, 2.75) is 6.18 Å². The average Bonchev–Trinajstić information content (AvgIpc) is 3.04. The zero-order valence-corrected chi connectivity index (χ0v) is 14.4. The molecule has 9 heteroatoms. The summed E-state index contributed by atoms with van der Waals surface area (Å²) >= 11 is 11.8. The monoisotopic (exact) mass is 396 g/mol. The summed E-state index contributed by atoms with van der Waals surface area (Å²) < 4.78 is 40.3. The van der Waals surface area contributed by atoms with Crippen LogP contribution in [0.5, 0.6) is 0 Å². The Morgan fingerprint density at radius 3 is 2.58 bits per heavy atom. The van der Waals surface area contributed by atoms with E-state index in [1.807, 2.05) is 0 Å². The summed E-state index contributed by atoms with van der Waals surface area (Å²) in [5, 5.41) is 3.15. The molecule has 26 heavy (non-hydrogen) atoms. The summed E-state index contributed by atoms with van der Waals surface area (Å²) in [6.45, 7) is 0. The van der Waals surface area contributed by atoms with E-state index < -0.39 is 16.8 Å². The quantitative estimate of drug-likeness (QED) is 0.455. The first-order valence-electron chi connectivity index (χ1n) is 7.39. The van der Waals surface area contributed by atoms with Gasteiger partial charge < -0.3 is 5.32 Å². The fourth-order valence-corrected chi connectivity index (χ4v) is 3.12. The molecule has 0 unspecified atom stereocenters. The van der Waals surface area contributed by atoms with Crippen LogP contribution in [0.3, 0.4) is 0 Å². The Morgan fingerprint density at radius 1 is 1.04 bits per heavy atom. The number of aromatic nitrogens is 3. The van der Waals surface area contributed by atoms with Gasteiger partial charge in [-0.15, -0.1) is 0 Å². The first-order chi connectivity index (χ1) is 12.3. The summed E-state index contributed by atoms with van der Waals surface area (Å²) in [5.74, 6) is 0.389. The van der Waals surface area contributed by atoms with Gasteiger partial charge >= 0.3 is 6.18 Å². The topological polar surface area (TPSA) is 42.2 Å². The molecule has 132 valence electrons. The zero-order valence-electron chi connectivity index (χ0n) is 12.9. The Balaban J connectivity index is 1.81. The van der Waals surface area contributed by atoms with Gasteiger partial charge in [0.05, 0.1) is 21.6 Å². The van der Waals surface area contributed by atoms with Crippen LogP contribution in [0.15, 0.2) is 48.8 Å². The van der Waals surface area contributed by atoms with Gasteiger partial charge in [-0.05, 0) is 36.4 Å². The summed E-state index contributed by atoms with van der Waals surface area (Å²) in [5.41, 5.74) is 1.41. The second-order valence-corrected chi connectivity index (χ2v) is 6.38. The van der Waals surface area contributed by atoms with Crippen molar-refractivity contribution in [2.75, 3.05) is 5.32 Å². The molecule has 0 saturated heterocycles. The molecular formula is C17H9Cl2F3N4. The Bertz CT molecular complexity index is 1140. The SMILES string of the molecule is FC(F)(F)c1ccc(Nc2nc3ccc(Cl)cc3n3ccnc23)cc1Cl. The Morgan fingerprint density at radius 2 is 1.85 bits per heavy atom. The predicted molar refractivity (Wildman–Crippen MR) is 95.2 cm³/mol. The third-order valence-corrected chi connectivity index (χ3v) is 4.37. The second-order valence-electron chi connectivity index (χ2n) is 5.53. The Labute approximate surface area is 155 Å². The molecule has 1 N–H and O–H groups in total. The highest BCUT2D eigenvalue weighted by Crippen LogP contribution is 2.36. The van der Waals surface area contributed by atoms with Crippen LogP contribution in [0.25, 0.3) is 16.7 Å². The lowest BCUT2D eigenvalue weighted by Crippen LogP contribution is -2.06. The van der Waals surface area contributed by atoms with Crippen LogP contribution in [0.2, 0.25) is 10.0 Å². The van der Waals surface area contributed by atoms with E-state index in [9.17, 15) is 13.2 Å². The number of halogens is 5. The Hall–Kier alpha value is -2.51. The van der Waals surface area contributed by atoms with Gasteiger partial charge in [-0.2, -0.15) is 13.2 Å². The lowest BCUT2D eigenvalue weighted by Gasteiger charge is -2.13. The molecule has 0 fully saturated rings. The maximum Gasteiger partial charge on any atom is 0.417 e. The number of hydrogen-bond acceptors (Lipinski definition) is 3. The van der Waals surface area contributed by atoms with E-state index in [2.05, 4.69) is 15.3 Å². The highest BCUT2D eigenvalue weighted by atomic mass is 35.5. The standard InChI is InChI=1S/C17H9Cl2F3N4/c18-9-1-4-13-14(7-9)26-6-5-23-16(26)15(25-13)24-10-2-3-11(12(19)8-10)17(20,21)22/h1-8H,(H,24,25). The van der Waals surface area contributed by atoms with Crippen molar-refractivity contribution in [2.24, 2.45) is 0 Å². The van der Waals surface area contributed by atoms with Crippen LogP contribution < -0.4 is 5.32 Å². The molecule has 2 aromatic carbocycles. The van der Waals surface area contributed by atoms with E-state index in [1.54, 1.807) is 35.0 Å². The van der Waals surface area contributed by atoms with Crippen molar-refractivity contribution in [3.8, 4) is 0 Å². The molecule has 0 atom stereocenters. The number of nitrogens with one attached hydrogen (secondary N) is 1. The number of benzene rings is 2. The van der Waals surface area contributed by atoms with Crippen LogP contribution in [-0.4, -0.2) is 14.4 Å². The molecular weight excluding hydrogens is 388 g/mol. The second kappa shape index (κ2) is 6.03. The van der Waals surface area contributed by atoms with Gasteiger partial charge in [0.2, 0.25) is 0 Å². The smallest absolute Gasteiger partial charge is 0.337 e.